The molecule has 0 aromatic heterocycles. The molecule has 1 aromatic rings. The maximum Gasteiger partial charge on any atom is 0.335 e. The minimum Gasteiger partial charge on any atom is -0.490 e. The summed E-state index contributed by atoms with van der Waals surface area (Å²) in [5, 5.41) is 8.97. The second-order valence-corrected chi connectivity index (χ2v) is 4.96. The van der Waals surface area contributed by atoms with Crippen molar-refractivity contribution in [3.05, 3.63) is 23.8 Å². The Morgan fingerprint density at radius 3 is 2.50 bits per heavy atom. The molecule has 1 N–H and O–H groups in total. The third kappa shape index (κ3) is 4.74. The van der Waals surface area contributed by atoms with Crippen molar-refractivity contribution in [1.29, 1.82) is 0 Å². The molecule has 0 amide bonds. The Labute approximate surface area is 119 Å². The molecule has 1 aromatic carbocycles. The summed E-state index contributed by atoms with van der Waals surface area (Å²) in [4.78, 5) is 10.9. The van der Waals surface area contributed by atoms with E-state index in [0.29, 0.717) is 24.7 Å². The van der Waals surface area contributed by atoms with Crippen LogP contribution in [0.4, 0.5) is 0 Å². The molecule has 0 spiro atoms. The van der Waals surface area contributed by atoms with E-state index in [9.17, 15) is 4.79 Å². The van der Waals surface area contributed by atoms with Gasteiger partial charge in [0.2, 0.25) is 0 Å². The van der Waals surface area contributed by atoms with Crippen LogP contribution in [0, 0.1) is 0 Å². The summed E-state index contributed by atoms with van der Waals surface area (Å²) in [7, 11) is 1.66. The Balaban J connectivity index is 2.76. The lowest BCUT2D eigenvalue weighted by Crippen LogP contribution is -2.25. The Hall–Kier alpha value is -1.75. The number of carbonyl (C=O) groups is 1. The van der Waals surface area contributed by atoms with Crippen LogP contribution in [0.25, 0.3) is 0 Å². The predicted octanol–water partition coefficient (Wildman–Crippen LogP) is 2.98. The average molecular weight is 282 g/mol. The van der Waals surface area contributed by atoms with Crippen LogP contribution < -0.4 is 9.47 Å². The highest BCUT2D eigenvalue weighted by Crippen LogP contribution is 2.29. The van der Waals surface area contributed by atoms with Crippen LogP contribution in [0.15, 0.2) is 18.2 Å². The Morgan fingerprint density at radius 1 is 1.25 bits per heavy atom. The lowest BCUT2D eigenvalue weighted by Gasteiger charge is -2.23. The van der Waals surface area contributed by atoms with Gasteiger partial charge >= 0.3 is 5.97 Å². The maximum absolute atomic E-state index is 10.9. The number of carboxylic acid groups (broad SMARTS) is 1. The highest BCUT2D eigenvalue weighted by molar-refractivity contribution is 5.88. The zero-order chi connectivity index (χ0) is 15.2. The zero-order valence-electron chi connectivity index (χ0n) is 12.4. The molecule has 20 heavy (non-hydrogen) atoms. The van der Waals surface area contributed by atoms with Crippen molar-refractivity contribution in [2.75, 3.05) is 20.3 Å². The monoisotopic (exact) mass is 282 g/mol. The van der Waals surface area contributed by atoms with E-state index in [4.69, 9.17) is 19.3 Å². The molecular formula is C15H22O5. The number of hydrogen-bond donors (Lipinski definition) is 1. The number of hydrogen-bond acceptors (Lipinski definition) is 4. The van der Waals surface area contributed by atoms with Crippen molar-refractivity contribution in [2.45, 2.75) is 32.8 Å². The van der Waals surface area contributed by atoms with Crippen LogP contribution in [-0.4, -0.2) is 37.0 Å². The summed E-state index contributed by atoms with van der Waals surface area (Å²) in [5.41, 5.74) is -0.0784. The van der Waals surface area contributed by atoms with Crippen molar-refractivity contribution >= 4 is 5.97 Å². The van der Waals surface area contributed by atoms with Crippen LogP contribution in [-0.2, 0) is 4.74 Å². The van der Waals surface area contributed by atoms with E-state index < -0.39 is 5.97 Å². The van der Waals surface area contributed by atoms with Crippen LogP contribution >= 0.6 is 0 Å². The fraction of sp³-hybridized carbons (Fsp3) is 0.533. The third-order valence-electron chi connectivity index (χ3n) is 3.00. The molecule has 0 aliphatic rings. The van der Waals surface area contributed by atoms with Gasteiger partial charge in [0.25, 0.3) is 0 Å². The van der Waals surface area contributed by atoms with E-state index in [2.05, 4.69) is 0 Å². The summed E-state index contributed by atoms with van der Waals surface area (Å²) in [6, 6.07) is 4.60. The Bertz CT molecular complexity index is 454. The average Bonchev–Trinajstić information content (AvgIpc) is 2.40. The van der Waals surface area contributed by atoms with E-state index in [1.807, 2.05) is 20.8 Å². The molecule has 0 fully saturated rings. The molecule has 0 saturated carbocycles. The van der Waals surface area contributed by atoms with Gasteiger partial charge in [-0.05, 0) is 39.0 Å². The van der Waals surface area contributed by atoms with Gasteiger partial charge in [0.1, 0.15) is 0 Å². The second-order valence-electron chi connectivity index (χ2n) is 4.96. The van der Waals surface area contributed by atoms with Gasteiger partial charge in [0.05, 0.1) is 24.4 Å². The minimum atomic E-state index is -0.988. The largest absolute Gasteiger partial charge is 0.490 e. The standard InChI is InChI=1S/C15H22O5/c1-5-19-13-10-11(14(16)17)6-7-12(13)20-9-8-15(2,3)18-4/h6-7,10H,5,8-9H2,1-4H3,(H,16,17). The van der Waals surface area contributed by atoms with Gasteiger partial charge in [-0.1, -0.05) is 0 Å². The number of benzene rings is 1. The molecule has 0 atom stereocenters. The molecule has 5 heteroatoms. The van der Waals surface area contributed by atoms with E-state index >= 15 is 0 Å². The van der Waals surface area contributed by atoms with E-state index in [1.165, 1.54) is 12.1 Å². The lowest BCUT2D eigenvalue weighted by atomic mass is 10.1. The molecule has 0 unspecified atom stereocenters. The predicted molar refractivity (Wildman–Crippen MR) is 75.8 cm³/mol. The van der Waals surface area contributed by atoms with Gasteiger partial charge in [-0.2, -0.15) is 0 Å². The highest BCUT2D eigenvalue weighted by Gasteiger charge is 2.17. The molecule has 1 rings (SSSR count). The first kappa shape index (κ1) is 16.3. The van der Waals surface area contributed by atoms with Gasteiger partial charge in [-0.15, -0.1) is 0 Å². The van der Waals surface area contributed by atoms with E-state index in [0.717, 1.165) is 6.42 Å². The maximum atomic E-state index is 10.9. The molecular weight excluding hydrogens is 260 g/mol. The number of methoxy groups -OCH3 is 1. The SMILES string of the molecule is CCOc1cc(C(=O)O)ccc1OCCC(C)(C)OC. The molecule has 0 aliphatic heterocycles. The van der Waals surface area contributed by atoms with Crippen LogP contribution in [0.2, 0.25) is 0 Å². The number of aromatic carboxylic acids is 1. The summed E-state index contributed by atoms with van der Waals surface area (Å²) in [6.07, 6.45) is 0.718. The Morgan fingerprint density at radius 2 is 1.95 bits per heavy atom. The van der Waals surface area contributed by atoms with Crippen molar-refractivity contribution in [3.8, 4) is 11.5 Å². The fourth-order valence-electron chi connectivity index (χ4n) is 1.54. The van der Waals surface area contributed by atoms with Gasteiger partial charge in [0.15, 0.2) is 11.5 Å². The first-order valence-electron chi connectivity index (χ1n) is 6.57. The first-order chi connectivity index (χ1) is 9.39. The van der Waals surface area contributed by atoms with Crippen molar-refractivity contribution in [3.63, 3.8) is 0 Å². The molecule has 0 saturated heterocycles. The highest BCUT2D eigenvalue weighted by atomic mass is 16.5. The van der Waals surface area contributed by atoms with Gasteiger partial charge in [-0.3, -0.25) is 0 Å². The number of carboxylic acids is 1. The molecule has 0 heterocycles. The smallest absolute Gasteiger partial charge is 0.335 e. The lowest BCUT2D eigenvalue weighted by molar-refractivity contribution is 0.00521. The quantitative estimate of drug-likeness (QED) is 0.794. The van der Waals surface area contributed by atoms with E-state index in [1.54, 1.807) is 13.2 Å². The molecule has 0 aliphatic carbocycles. The topological polar surface area (TPSA) is 65.0 Å². The van der Waals surface area contributed by atoms with Crippen molar-refractivity contribution in [2.24, 2.45) is 0 Å². The second kappa shape index (κ2) is 7.14. The van der Waals surface area contributed by atoms with Gasteiger partial charge in [-0.25, -0.2) is 4.79 Å². The van der Waals surface area contributed by atoms with Crippen LogP contribution in [0.5, 0.6) is 11.5 Å². The van der Waals surface area contributed by atoms with Crippen LogP contribution in [0.1, 0.15) is 37.6 Å². The molecule has 5 nitrogen and oxygen atoms in total. The van der Waals surface area contributed by atoms with Gasteiger partial charge in [0, 0.05) is 13.5 Å². The minimum absolute atomic E-state index is 0.179. The van der Waals surface area contributed by atoms with E-state index in [-0.39, 0.29) is 11.2 Å². The summed E-state index contributed by atoms with van der Waals surface area (Å²) in [5.74, 6) is 0.00407. The van der Waals surface area contributed by atoms with Gasteiger partial charge < -0.3 is 19.3 Å². The van der Waals surface area contributed by atoms with Crippen molar-refractivity contribution in [1.82, 2.24) is 0 Å². The summed E-state index contributed by atoms with van der Waals surface area (Å²) in [6.45, 7) is 6.71. The number of ether oxygens (including phenoxy) is 3. The molecule has 0 bridgehead atoms. The third-order valence-corrected chi connectivity index (χ3v) is 3.00. The van der Waals surface area contributed by atoms with Crippen molar-refractivity contribution < 1.29 is 24.1 Å². The molecule has 112 valence electrons. The fourth-order valence-corrected chi connectivity index (χ4v) is 1.54. The summed E-state index contributed by atoms with van der Waals surface area (Å²) >= 11 is 0. The van der Waals surface area contributed by atoms with Crippen LogP contribution in [0.3, 0.4) is 0 Å². The first-order valence-corrected chi connectivity index (χ1v) is 6.57. The number of rotatable bonds is 8. The Kier molecular flexibility index (Phi) is 5.82. The normalized spacial score (nSPS) is 11.2. The summed E-state index contributed by atoms with van der Waals surface area (Å²) < 4.78 is 16.4. The molecule has 0 radical (unpaired) electrons. The zero-order valence-corrected chi connectivity index (χ0v) is 12.4.